The van der Waals surface area contributed by atoms with Crippen LogP contribution in [0.15, 0.2) is 41.3 Å². The van der Waals surface area contributed by atoms with Gasteiger partial charge in [-0.1, -0.05) is 39.8 Å². The average molecular weight is 356 g/mol. The van der Waals surface area contributed by atoms with Crippen molar-refractivity contribution in [1.29, 1.82) is 0 Å². The van der Waals surface area contributed by atoms with Crippen LogP contribution >= 0.6 is 11.8 Å². The fourth-order valence-electron chi connectivity index (χ4n) is 1.58. The molecule has 2 aromatic rings. The van der Waals surface area contributed by atoms with Gasteiger partial charge in [-0.25, -0.2) is 4.39 Å². The molecule has 0 radical (unpaired) electrons. The summed E-state index contributed by atoms with van der Waals surface area (Å²) in [6.07, 6.45) is 0. The summed E-state index contributed by atoms with van der Waals surface area (Å²) in [7, 11) is 0. The number of thioether (sulfide) groups is 1. The van der Waals surface area contributed by atoms with Crippen LogP contribution in [0.4, 0.5) is 20.2 Å². The van der Waals surface area contributed by atoms with Gasteiger partial charge in [0.2, 0.25) is 5.82 Å². The molecule has 0 saturated heterocycles. The number of nitrogens with zero attached hydrogens (tertiary/aromatic N) is 1. The summed E-state index contributed by atoms with van der Waals surface area (Å²) in [4.78, 5) is 10.4. The lowest BCUT2D eigenvalue weighted by Crippen LogP contribution is -1.96. The normalized spacial score (nSPS) is 9.25. The van der Waals surface area contributed by atoms with Gasteiger partial charge in [-0.2, -0.15) is 4.39 Å². The second-order valence-electron chi connectivity index (χ2n) is 3.98. The fourth-order valence-corrected chi connectivity index (χ4v) is 2.47. The average Bonchev–Trinajstić information content (AvgIpc) is 2.60. The molecule has 0 aromatic heterocycles. The smallest absolute Gasteiger partial charge is 0.305 e. The van der Waals surface area contributed by atoms with E-state index in [-0.39, 0.29) is 17.0 Å². The highest BCUT2D eigenvalue weighted by Gasteiger charge is 2.17. The van der Waals surface area contributed by atoms with Crippen molar-refractivity contribution in [1.82, 2.24) is 0 Å². The first-order valence-electron chi connectivity index (χ1n) is 7.58. The Balaban J connectivity index is 0.00000123. The van der Waals surface area contributed by atoms with E-state index in [0.717, 1.165) is 6.07 Å². The molecule has 0 heterocycles. The summed E-state index contributed by atoms with van der Waals surface area (Å²) in [5.41, 5.74) is 5.02. The van der Waals surface area contributed by atoms with Gasteiger partial charge < -0.3 is 5.73 Å². The second kappa shape index (κ2) is 11.4. The van der Waals surface area contributed by atoms with Crippen LogP contribution in [0, 0.1) is 21.7 Å². The van der Waals surface area contributed by atoms with Gasteiger partial charge in [0.1, 0.15) is 5.82 Å². The van der Waals surface area contributed by atoms with Gasteiger partial charge in [-0.05, 0) is 18.2 Å². The van der Waals surface area contributed by atoms with E-state index >= 15 is 0 Å². The zero-order valence-corrected chi connectivity index (χ0v) is 15.0. The monoisotopic (exact) mass is 356 g/mol. The van der Waals surface area contributed by atoms with Gasteiger partial charge in [-0.15, -0.1) is 11.8 Å². The Kier molecular flexibility index (Phi) is 10.4. The third-order valence-electron chi connectivity index (χ3n) is 2.62. The highest BCUT2D eigenvalue weighted by atomic mass is 32.2. The Labute approximate surface area is 145 Å². The molecule has 2 rings (SSSR count). The van der Waals surface area contributed by atoms with Gasteiger partial charge in [0.25, 0.3) is 0 Å². The lowest BCUT2D eigenvalue weighted by atomic mass is 10.2. The summed E-state index contributed by atoms with van der Waals surface area (Å²) in [6.45, 7) is 8.00. The molecular formula is C17H22F2N2O2S. The van der Waals surface area contributed by atoms with Crippen LogP contribution in [-0.4, -0.2) is 4.92 Å². The van der Waals surface area contributed by atoms with Crippen LogP contribution in [0.25, 0.3) is 0 Å². The second-order valence-corrected chi connectivity index (χ2v) is 5.03. The number of halogens is 2. The maximum absolute atomic E-state index is 13.8. The highest BCUT2D eigenvalue weighted by Crippen LogP contribution is 2.28. The van der Waals surface area contributed by atoms with Crippen molar-refractivity contribution in [3.63, 3.8) is 0 Å². The summed E-state index contributed by atoms with van der Waals surface area (Å²) >= 11 is 1.17. The number of anilines is 1. The standard InChI is InChI=1S/C13H10F2N2O2S.2C2H6/c14-10-6-9(4-5-11(10)16)20-7-8-2-1-3-12(13(8)15)17(18)19;2*1-2/h1-6H,7,16H2;2*1-2H3. The molecule has 0 amide bonds. The molecule has 2 aromatic carbocycles. The fraction of sp³-hybridized carbons (Fsp3) is 0.294. The molecule has 0 aliphatic heterocycles. The number of benzene rings is 2. The number of nitro benzene ring substituents is 1. The predicted octanol–water partition coefficient (Wildman–Crippen LogP) is 5.80. The van der Waals surface area contributed by atoms with E-state index in [1.54, 1.807) is 6.07 Å². The predicted molar refractivity (Wildman–Crippen MR) is 96.1 cm³/mol. The third-order valence-corrected chi connectivity index (χ3v) is 3.66. The molecule has 7 heteroatoms. The number of nitrogens with two attached hydrogens (primary N) is 1. The van der Waals surface area contributed by atoms with Crippen molar-refractivity contribution < 1.29 is 13.7 Å². The minimum atomic E-state index is -0.860. The van der Waals surface area contributed by atoms with Gasteiger partial charge in [0, 0.05) is 22.3 Å². The lowest BCUT2D eigenvalue weighted by molar-refractivity contribution is -0.387. The minimum Gasteiger partial charge on any atom is -0.396 e. The van der Waals surface area contributed by atoms with Crippen molar-refractivity contribution in [2.24, 2.45) is 0 Å². The molecular weight excluding hydrogens is 334 g/mol. The largest absolute Gasteiger partial charge is 0.396 e. The zero-order valence-electron chi connectivity index (χ0n) is 14.2. The number of hydrogen-bond acceptors (Lipinski definition) is 4. The summed E-state index contributed by atoms with van der Waals surface area (Å²) in [5, 5.41) is 10.6. The topological polar surface area (TPSA) is 69.2 Å². The van der Waals surface area contributed by atoms with Crippen LogP contribution in [0.5, 0.6) is 0 Å². The molecule has 0 saturated carbocycles. The molecule has 0 fully saturated rings. The number of hydrogen-bond donors (Lipinski definition) is 1. The molecule has 0 spiro atoms. The van der Waals surface area contributed by atoms with Crippen molar-refractivity contribution in [3.05, 3.63) is 63.7 Å². The van der Waals surface area contributed by atoms with Crippen LogP contribution < -0.4 is 5.73 Å². The first-order chi connectivity index (χ1) is 11.5. The van der Waals surface area contributed by atoms with E-state index in [9.17, 15) is 18.9 Å². The lowest BCUT2D eigenvalue weighted by Gasteiger charge is -2.05. The number of nitro groups is 1. The quantitative estimate of drug-likeness (QED) is 0.325. The summed E-state index contributed by atoms with van der Waals surface area (Å²) < 4.78 is 27.1. The first kappa shape index (κ1) is 21.9. The van der Waals surface area contributed by atoms with Crippen LogP contribution in [-0.2, 0) is 5.75 Å². The SMILES string of the molecule is CC.CC.Nc1ccc(SCc2cccc([N+](=O)[O-])c2F)cc1F. The van der Waals surface area contributed by atoms with Gasteiger partial charge in [-0.3, -0.25) is 10.1 Å². The number of nitrogen functional groups attached to an aromatic ring is 1. The molecule has 2 N–H and O–H groups in total. The number of rotatable bonds is 4. The molecule has 0 unspecified atom stereocenters. The maximum Gasteiger partial charge on any atom is 0.305 e. The van der Waals surface area contributed by atoms with Crippen molar-refractivity contribution in [3.8, 4) is 0 Å². The van der Waals surface area contributed by atoms with Crippen LogP contribution in [0.3, 0.4) is 0 Å². The van der Waals surface area contributed by atoms with Crippen LogP contribution in [0.1, 0.15) is 33.3 Å². The molecule has 24 heavy (non-hydrogen) atoms. The Morgan fingerprint density at radius 2 is 1.75 bits per heavy atom. The van der Waals surface area contributed by atoms with E-state index in [1.165, 1.54) is 36.0 Å². The van der Waals surface area contributed by atoms with Crippen molar-refractivity contribution >= 4 is 23.1 Å². The van der Waals surface area contributed by atoms with Gasteiger partial charge in [0.15, 0.2) is 0 Å². The van der Waals surface area contributed by atoms with Gasteiger partial charge >= 0.3 is 5.69 Å². The molecule has 0 bridgehead atoms. The Morgan fingerprint density at radius 1 is 1.12 bits per heavy atom. The Morgan fingerprint density at radius 3 is 2.29 bits per heavy atom. The molecule has 132 valence electrons. The van der Waals surface area contributed by atoms with E-state index < -0.39 is 22.2 Å². The first-order valence-corrected chi connectivity index (χ1v) is 8.57. The van der Waals surface area contributed by atoms with E-state index in [0.29, 0.717) is 4.90 Å². The molecule has 0 aliphatic rings. The Hall–Kier alpha value is -2.15. The minimum absolute atomic E-state index is 0.0379. The zero-order chi connectivity index (χ0) is 18.7. The van der Waals surface area contributed by atoms with E-state index in [1.807, 2.05) is 27.7 Å². The molecule has 4 nitrogen and oxygen atoms in total. The van der Waals surface area contributed by atoms with Crippen LogP contribution in [0.2, 0.25) is 0 Å². The third kappa shape index (κ3) is 6.16. The van der Waals surface area contributed by atoms with Crippen molar-refractivity contribution in [2.75, 3.05) is 5.73 Å². The molecule has 0 aliphatic carbocycles. The Bertz CT molecular complexity index is 667. The highest BCUT2D eigenvalue weighted by molar-refractivity contribution is 7.98. The molecule has 0 atom stereocenters. The van der Waals surface area contributed by atoms with Crippen molar-refractivity contribution in [2.45, 2.75) is 38.3 Å². The summed E-state index contributed by atoms with van der Waals surface area (Å²) in [5.74, 6) is -1.24. The van der Waals surface area contributed by atoms with Gasteiger partial charge in [0.05, 0.1) is 10.6 Å². The van der Waals surface area contributed by atoms with E-state index in [4.69, 9.17) is 5.73 Å². The maximum atomic E-state index is 13.8. The van der Waals surface area contributed by atoms with E-state index in [2.05, 4.69) is 0 Å². The summed E-state index contributed by atoms with van der Waals surface area (Å²) in [6, 6.07) is 8.26.